The minimum Gasteiger partial charge on any atom is -0.508 e. The summed E-state index contributed by atoms with van der Waals surface area (Å²) in [5.41, 5.74) is 3.18. The number of phenolic OH excluding ortho intramolecular Hbond substituents is 3. The van der Waals surface area contributed by atoms with E-state index in [1.165, 1.54) is 13.2 Å². The molecule has 7 heteroatoms. The SMILES string of the molecule is COc1cc2c(c(O)c1C(=O)C=Cc1ccccc1)[C@@H](C[C@@H](O)CCc1ccc(O)cc1)C[C@H](c1ccc(O)cc1)O2. The monoisotopic (exact) mass is 566 g/mol. The molecule has 1 aliphatic heterocycles. The second-order valence-electron chi connectivity index (χ2n) is 10.5. The first-order chi connectivity index (χ1) is 20.3. The highest BCUT2D eigenvalue weighted by Crippen LogP contribution is 2.51. The molecule has 7 nitrogen and oxygen atoms in total. The Bertz CT molecular complexity index is 1540. The number of aliphatic hydroxyl groups is 1. The zero-order chi connectivity index (χ0) is 29.6. The van der Waals surface area contributed by atoms with Crippen molar-refractivity contribution in [3.8, 4) is 28.7 Å². The molecule has 0 saturated carbocycles. The molecule has 0 aromatic heterocycles. The van der Waals surface area contributed by atoms with Crippen molar-refractivity contribution in [2.45, 2.75) is 43.8 Å². The summed E-state index contributed by atoms with van der Waals surface area (Å²) in [6, 6.07) is 24.7. The molecule has 42 heavy (non-hydrogen) atoms. The molecule has 4 aromatic carbocycles. The lowest BCUT2D eigenvalue weighted by Crippen LogP contribution is -2.23. The normalized spacial score (nSPS) is 16.9. The van der Waals surface area contributed by atoms with Crippen LogP contribution in [0.5, 0.6) is 28.7 Å². The molecule has 0 spiro atoms. The molecule has 5 rings (SSSR count). The van der Waals surface area contributed by atoms with Gasteiger partial charge in [-0.1, -0.05) is 60.7 Å². The third-order valence-electron chi connectivity index (χ3n) is 7.66. The molecule has 3 atom stereocenters. The van der Waals surface area contributed by atoms with Gasteiger partial charge in [0.1, 0.15) is 40.4 Å². The van der Waals surface area contributed by atoms with Crippen LogP contribution in [0.1, 0.15) is 63.9 Å². The minimum atomic E-state index is -0.700. The zero-order valence-electron chi connectivity index (χ0n) is 23.3. The van der Waals surface area contributed by atoms with Crippen molar-refractivity contribution >= 4 is 11.9 Å². The first-order valence-corrected chi connectivity index (χ1v) is 13.9. The van der Waals surface area contributed by atoms with Crippen LogP contribution in [-0.2, 0) is 6.42 Å². The van der Waals surface area contributed by atoms with Crippen LogP contribution in [0, 0.1) is 0 Å². The lowest BCUT2D eigenvalue weighted by Gasteiger charge is -2.35. The number of fused-ring (bicyclic) bond motifs is 1. The average molecular weight is 567 g/mol. The summed E-state index contributed by atoms with van der Waals surface area (Å²) in [7, 11) is 1.43. The number of rotatable bonds is 10. The van der Waals surface area contributed by atoms with E-state index < -0.39 is 18.0 Å². The third kappa shape index (κ3) is 6.58. The van der Waals surface area contributed by atoms with Gasteiger partial charge in [-0.25, -0.2) is 0 Å². The molecule has 0 amide bonds. The molecule has 4 N–H and O–H groups in total. The minimum absolute atomic E-state index is 0.0405. The van der Waals surface area contributed by atoms with Crippen LogP contribution < -0.4 is 9.47 Å². The molecule has 0 aliphatic carbocycles. The topological polar surface area (TPSA) is 116 Å². The van der Waals surface area contributed by atoms with Gasteiger partial charge in [0.15, 0.2) is 5.78 Å². The number of ketones is 1. The predicted octanol–water partition coefficient (Wildman–Crippen LogP) is 6.70. The number of aromatic hydroxyl groups is 3. The van der Waals surface area contributed by atoms with Crippen molar-refractivity contribution in [1.82, 2.24) is 0 Å². The number of hydrogen-bond donors (Lipinski definition) is 4. The largest absolute Gasteiger partial charge is 0.508 e. The van der Waals surface area contributed by atoms with E-state index in [9.17, 15) is 25.2 Å². The highest BCUT2D eigenvalue weighted by atomic mass is 16.5. The molecule has 216 valence electrons. The molecule has 0 unspecified atom stereocenters. The van der Waals surface area contributed by atoms with Crippen molar-refractivity contribution in [2.24, 2.45) is 0 Å². The quantitative estimate of drug-likeness (QED) is 0.125. The Labute approximate surface area is 244 Å². The van der Waals surface area contributed by atoms with Gasteiger partial charge in [-0.2, -0.15) is 0 Å². The Morgan fingerprint density at radius 1 is 0.976 bits per heavy atom. The molecule has 0 fully saturated rings. The van der Waals surface area contributed by atoms with Crippen LogP contribution >= 0.6 is 0 Å². The van der Waals surface area contributed by atoms with E-state index in [4.69, 9.17) is 9.47 Å². The van der Waals surface area contributed by atoms with Crippen molar-refractivity contribution < 1.29 is 34.7 Å². The summed E-state index contributed by atoms with van der Waals surface area (Å²) >= 11 is 0. The van der Waals surface area contributed by atoms with Crippen molar-refractivity contribution in [3.05, 3.63) is 119 Å². The molecule has 4 aromatic rings. The number of hydrogen-bond acceptors (Lipinski definition) is 7. The zero-order valence-corrected chi connectivity index (χ0v) is 23.3. The molecule has 0 saturated heterocycles. The molecular formula is C35H34O7. The maximum Gasteiger partial charge on any atom is 0.193 e. The van der Waals surface area contributed by atoms with Gasteiger partial charge < -0.3 is 29.9 Å². The van der Waals surface area contributed by atoms with Gasteiger partial charge in [-0.3, -0.25) is 4.79 Å². The van der Waals surface area contributed by atoms with Crippen LogP contribution in [0.3, 0.4) is 0 Å². The Kier molecular flexibility index (Phi) is 8.79. The predicted molar refractivity (Wildman–Crippen MR) is 160 cm³/mol. The van der Waals surface area contributed by atoms with Gasteiger partial charge in [0.05, 0.1) is 13.2 Å². The van der Waals surface area contributed by atoms with Crippen molar-refractivity contribution in [1.29, 1.82) is 0 Å². The fourth-order valence-electron chi connectivity index (χ4n) is 5.47. The van der Waals surface area contributed by atoms with Crippen LogP contribution in [-0.4, -0.2) is 39.4 Å². The fourth-order valence-corrected chi connectivity index (χ4v) is 5.47. The summed E-state index contributed by atoms with van der Waals surface area (Å²) in [4.78, 5) is 13.4. The Morgan fingerprint density at radius 2 is 1.64 bits per heavy atom. The summed E-state index contributed by atoms with van der Waals surface area (Å²) in [5, 5.41) is 42.0. The maximum absolute atomic E-state index is 13.4. The first-order valence-electron chi connectivity index (χ1n) is 13.9. The lowest BCUT2D eigenvalue weighted by atomic mass is 9.81. The van der Waals surface area contributed by atoms with E-state index in [1.54, 1.807) is 48.5 Å². The summed E-state index contributed by atoms with van der Waals surface area (Å²) < 4.78 is 11.9. The van der Waals surface area contributed by atoms with Gasteiger partial charge in [0, 0.05) is 11.6 Å². The first kappa shape index (κ1) is 28.8. The molecule has 1 heterocycles. The summed E-state index contributed by atoms with van der Waals surface area (Å²) in [6.07, 6.45) is 3.85. The number of carbonyl (C=O) groups excluding carboxylic acids is 1. The molecular weight excluding hydrogens is 532 g/mol. The summed E-state index contributed by atoms with van der Waals surface area (Å²) in [6.45, 7) is 0. The number of aryl methyl sites for hydroxylation is 1. The van der Waals surface area contributed by atoms with Crippen LogP contribution in [0.4, 0.5) is 0 Å². The van der Waals surface area contributed by atoms with E-state index in [2.05, 4.69) is 0 Å². The number of methoxy groups -OCH3 is 1. The second-order valence-corrected chi connectivity index (χ2v) is 10.5. The molecule has 1 aliphatic rings. The van der Waals surface area contributed by atoms with E-state index >= 15 is 0 Å². The number of benzene rings is 4. The Morgan fingerprint density at radius 3 is 2.31 bits per heavy atom. The lowest BCUT2D eigenvalue weighted by molar-refractivity contribution is 0.103. The van der Waals surface area contributed by atoms with Gasteiger partial charge >= 0.3 is 0 Å². The highest BCUT2D eigenvalue weighted by Gasteiger charge is 2.36. The number of ether oxygens (including phenoxy) is 2. The van der Waals surface area contributed by atoms with E-state index in [0.717, 1.165) is 16.7 Å². The average Bonchev–Trinajstić information content (AvgIpc) is 3.00. The van der Waals surface area contributed by atoms with Gasteiger partial charge in [0.2, 0.25) is 0 Å². The van der Waals surface area contributed by atoms with E-state index in [-0.39, 0.29) is 34.5 Å². The number of carbonyl (C=O) groups is 1. The van der Waals surface area contributed by atoms with Gasteiger partial charge in [0.25, 0.3) is 0 Å². The van der Waals surface area contributed by atoms with Gasteiger partial charge in [-0.15, -0.1) is 0 Å². The number of aliphatic hydroxyl groups excluding tert-OH is 1. The fraction of sp³-hybridized carbons (Fsp3) is 0.229. The third-order valence-corrected chi connectivity index (χ3v) is 7.66. The molecule has 0 bridgehead atoms. The Hall–Kier alpha value is -4.75. The highest BCUT2D eigenvalue weighted by molar-refractivity contribution is 6.11. The van der Waals surface area contributed by atoms with Crippen LogP contribution in [0.2, 0.25) is 0 Å². The summed E-state index contributed by atoms with van der Waals surface area (Å²) in [5.74, 6) is -0.0662. The molecule has 0 radical (unpaired) electrons. The second kappa shape index (κ2) is 12.8. The van der Waals surface area contributed by atoms with Crippen molar-refractivity contribution in [2.75, 3.05) is 7.11 Å². The van der Waals surface area contributed by atoms with Crippen LogP contribution in [0.25, 0.3) is 6.08 Å². The Balaban J connectivity index is 1.47. The van der Waals surface area contributed by atoms with Crippen molar-refractivity contribution in [3.63, 3.8) is 0 Å². The smallest absolute Gasteiger partial charge is 0.193 e. The van der Waals surface area contributed by atoms with Gasteiger partial charge in [-0.05, 0) is 78.6 Å². The number of allylic oxidation sites excluding steroid dienone is 1. The van der Waals surface area contributed by atoms with Crippen LogP contribution in [0.15, 0.2) is 91.0 Å². The number of phenols is 3. The van der Waals surface area contributed by atoms with E-state index in [1.807, 2.05) is 42.5 Å². The maximum atomic E-state index is 13.4. The standard InChI is InChI=1S/C35H34O7/c1-41-31-21-32-33(35(40)34(31)29(39)18-10-22-5-3-2-4-6-22)25(20-30(42-32)24-11-16-27(37)17-12-24)19-28(38)15-9-23-7-13-26(36)14-8-23/h2-8,10-14,16-18,21,25,28,30,36-38,40H,9,15,19-20H2,1H3/t25-,28-,30+/m0/s1. The van der Waals surface area contributed by atoms with E-state index in [0.29, 0.717) is 37.0 Å².